The Hall–Kier alpha value is -3.50. The largest absolute Gasteiger partial charge is 0.457 e. The molecule has 5 rings (SSSR count). The molecular formula is C29H25NO2S. The van der Waals surface area contributed by atoms with Crippen molar-refractivity contribution < 1.29 is 9.53 Å². The molecule has 0 bridgehead atoms. The summed E-state index contributed by atoms with van der Waals surface area (Å²) in [6.07, 6.45) is 1.20. The third kappa shape index (κ3) is 4.53. The van der Waals surface area contributed by atoms with Crippen LogP contribution in [-0.2, 0) is 11.2 Å². The van der Waals surface area contributed by atoms with E-state index in [4.69, 9.17) is 4.74 Å². The summed E-state index contributed by atoms with van der Waals surface area (Å²) in [6, 6.07) is 32.5. The van der Waals surface area contributed by atoms with Crippen molar-refractivity contribution in [2.75, 3.05) is 5.32 Å². The number of amides is 1. The van der Waals surface area contributed by atoms with Crippen molar-refractivity contribution in [1.82, 2.24) is 0 Å². The number of anilines is 1. The lowest BCUT2D eigenvalue weighted by Gasteiger charge is -2.28. The van der Waals surface area contributed by atoms with Gasteiger partial charge in [-0.1, -0.05) is 85.4 Å². The van der Waals surface area contributed by atoms with Gasteiger partial charge in [0.2, 0.25) is 5.91 Å². The first kappa shape index (κ1) is 21.4. The summed E-state index contributed by atoms with van der Waals surface area (Å²) in [6.45, 7) is 2.12. The summed E-state index contributed by atoms with van der Waals surface area (Å²) in [5, 5.41) is 3.26. The number of nitrogens with one attached hydrogen (secondary N) is 1. The van der Waals surface area contributed by atoms with Gasteiger partial charge in [-0.05, 0) is 42.3 Å². The lowest BCUT2D eigenvalue weighted by atomic mass is 9.85. The van der Waals surface area contributed by atoms with Gasteiger partial charge in [0.05, 0.1) is 5.69 Å². The molecule has 0 atom stereocenters. The van der Waals surface area contributed by atoms with Crippen LogP contribution in [0.4, 0.5) is 5.69 Å². The van der Waals surface area contributed by atoms with Crippen LogP contribution in [0.5, 0.6) is 11.5 Å². The highest BCUT2D eigenvalue weighted by Gasteiger charge is 2.29. The van der Waals surface area contributed by atoms with Crippen LogP contribution < -0.4 is 10.1 Å². The van der Waals surface area contributed by atoms with Crippen molar-refractivity contribution in [1.29, 1.82) is 0 Å². The van der Waals surface area contributed by atoms with E-state index in [1.54, 1.807) is 11.8 Å². The third-order valence-electron chi connectivity index (χ3n) is 5.93. The number of carbonyl (C=O) groups is 1. The molecule has 4 aromatic carbocycles. The Morgan fingerprint density at radius 3 is 2.12 bits per heavy atom. The SMILES string of the molecule is CCc1cccc(Sc2ccccc2)c1NC(=O)CC1c2ccccc2Oc2ccccc21. The Kier molecular flexibility index (Phi) is 6.18. The van der Waals surface area contributed by atoms with Gasteiger partial charge in [0, 0.05) is 33.3 Å². The minimum atomic E-state index is -0.0508. The first-order valence-corrected chi connectivity index (χ1v) is 12.0. The molecule has 1 N–H and O–H groups in total. The Morgan fingerprint density at radius 2 is 1.45 bits per heavy atom. The van der Waals surface area contributed by atoms with Crippen LogP contribution in [0, 0.1) is 0 Å². The number of benzene rings is 4. The van der Waals surface area contributed by atoms with Gasteiger partial charge in [-0.15, -0.1) is 0 Å². The first-order chi connectivity index (χ1) is 16.2. The third-order valence-corrected chi connectivity index (χ3v) is 7.00. The highest BCUT2D eigenvalue weighted by atomic mass is 32.2. The van der Waals surface area contributed by atoms with Crippen LogP contribution >= 0.6 is 11.8 Å². The molecule has 1 amide bonds. The van der Waals surface area contributed by atoms with Gasteiger partial charge in [-0.25, -0.2) is 0 Å². The summed E-state index contributed by atoms with van der Waals surface area (Å²) in [5.41, 5.74) is 4.15. The molecule has 1 aliphatic heterocycles. The second-order valence-corrected chi connectivity index (χ2v) is 9.16. The minimum absolute atomic E-state index is 0.00215. The number of fused-ring (bicyclic) bond motifs is 2. The molecule has 0 radical (unpaired) electrons. The van der Waals surface area contributed by atoms with Crippen LogP contribution in [0.2, 0.25) is 0 Å². The molecule has 4 aromatic rings. The maximum absolute atomic E-state index is 13.4. The normalized spacial score (nSPS) is 12.4. The molecule has 0 unspecified atom stereocenters. The Bertz CT molecular complexity index is 1240. The molecule has 1 aliphatic rings. The van der Waals surface area contributed by atoms with Crippen molar-refractivity contribution in [3.63, 3.8) is 0 Å². The standard InChI is InChI=1S/C29H25NO2S/c1-2-20-11-10-18-27(33-21-12-4-3-5-13-21)29(20)30-28(31)19-24-22-14-6-8-16-25(22)32-26-17-9-7-15-23(24)26/h3-18,24H,2,19H2,1H3,(H,30,31). The van der Waals surface area contributed by atoms with Crippen LogP contribution in [0.1, 0.15) is 36.0 Å². The highest BCUT2D eigenvalue weighted by Crippen LogP contribution is 2.45. The number of carbonyl (C=O) groups excluding carboxylic acids is 1. The fraction of sp³-hybridized carbons (Fsp3) is 0.138. The summed E-state index contributed by atoms with van der Waals surface area (Å²) in [7, 11) is 0. The monoisotopic (exact) mass is 451 g/mol. The summed E-state index contributed by atoms with van der Waals surface area (Å²) in [4.78, 5) is 15.6. The van der Waals surface area contributed by atoms with Gasteiger partial charge in [0.25, 0.3) is 0 Å². The molecule has 0 spiro atoms. The van der Waals surface area contributed by atoms with Crippen LogP contribution in [0.25, 0.3) is 0 Å². The van der Waals surface area contributed by atoms with E-state index < -0.39 is 0 Å². The Balaban J connectivity index is 1.44. The smallest absolute Gasteiger partial charge is 0.225 e. The average Bonchev–Trinajstić information content (AvgIpc) is 2.85. The van der Waals surface area contributed by atoms with Gasteiger partial charge >= 0.3 is 0 Å². The van der Waals surface area contributed by atoms with E-state index in [2.05, 4.69) is 54.7 Å². The molecule has 3 nitrogen and oxygen atoms in total. The van der Waals surface area contributed by atoms with Gasteiger partial charge in [-0.3, -0.25) is 4.79 Å². The number of rotatable bonds is 6. The highest BCUT2D eigenvalue weighted by molar-refractivity contribution is 7.99. The van der Waals surface area contributed by atoms with Gasteiger partial charge < -0.3 is 10.1 Å². The second-order valence-electron chi connectivity index (χ2n) is 8.04. The van der Waals surface area contributed by atoms with Crippen molar-refractivity contribution in [2.24, 2.45) is 0 Å². The number of aryl methyl sites for hydroxylation is 1. The molecule has 0 aromatic heterocycles. The van der Waals surface area contributed by atoms with Crippen molar-refractivity contribution >= 4 is 23.4 Å². The molecule has 4 heteroatoms. The molecule has 0 saturated heterocycles. The average molecular weight is 452 g/mol. The zero-order chi connectivity index (χ0) is 22.6. The predicted molar refractivity (Wildman–Crippen MR) is 134 cm³/mol. The van der Waals surface area contributed by atoms with Crippen LogP contribution in [0.3, 0.4) is 0 Å². The lowest BCUT2D eigenvalue weighted by molar-refractivity contribution is -0.116. The zero-order valence-electron chi connectivity index (χ0n) is 18.5. The van der Waals surface area contributed by atoms with E-state index in [0.717, 1.165) is 50.1 Å². The lowest BCUT2D eigenvalue weighted by Crippen LogP contribution is -2.20. The van der Waals surface area contributed by atoms with Gasteiger partial charge in [-0.2, -0.15) is 0 Å². The van der Waals surface area contributed by atoms with Crippen LogP contribution in [0.15, 0.2) is 107 Å². The van der Waals surface area contributed by atoms with E-state index in [9.17, 15) is 4.79 Å². The molecule has 1 heterocycles. The Labute approximate surface area is 198 Å². The van der Waals surface area contributed by atoms with Crippen molar-refractivity contribution in [3.05, 3.63) is 114 Å². The Morgan fingerprint density at radius 1 is 0.818 bits per heavy atom. The molecule has 0 saturated carbocycles. The van der Waals surface area contributed by atoms with E-state index >= 15 is 0 Å². The number of para-hydroxylation sites is 3. The molecular weight excluding hydrogens is 426 g/mol. The van der Waals surface area contributed by atoms with E-state index in [1.807, 2.05) is 54.6 Å². The molecule has 33 heavy (non-hydrogen) atoms. The first-order valence-electron chi connectivity index (χ1n) is 11.2. The van der Waals surface area contributed by atoms with E-state index in [0.29, 0.717) is 6.42 Å². The van der Waals surface area contributed by atoms with Crippen molar-refractivity contribution in [3.8, 4) is 11.5 Å². The molecule has 0 aliphatic carbocycles. The van der Waals surface area contributed by atoms with E-state index in [-0.39, 0.29) is 11.8 Å². The van der Waals surface area contributed by atoms with Gasteiger partial charge in [0.15, 0.2) is 0 Å². The summed E-state index contributed by atoms with van der Waals surface area (Å²) >= 11 is 1.67. The molecule has 164 valence electrons. The maximum atomic E-state index is 13.4. The van der Waals surface area contributed by atoms with E-state index in [1.165, 1.54) is 0 Å². The molecule has 0 fully saturated rings. The van der Waals surface area contributed by atoms with Crippen LogP contribution in [-0.4, -0.2) is 5.91 Å². The summed E-state index contributed by atoms with van der Waals surface area (Å²) < 4.78 is 6.09. The maximum Gasteiger partial charge on any atom is 0.225 e. The fourth-order valence-electron chi connectivity index (χ4n) is 4.32. The fourth-order valence-corrected chi connectivity index (χ4v) is 5.30. The van der Waals surface area contributed by atoms with Crippen molar-refractivity contribution in [2.45, 2.75) is 35.5 Å². The predicted octanol–water partition coefficient (Wildman–Crippen LogP) is 7.67. The minimum Gasteiger partial charge on any atom is -0.457 e. The zero-order valence-corrected chi connectivity index (χ0v) is 19.3. The number of hydrogen-bond acceptors (Lipinski definition) is 3. The number of hydrogen-bond donors (Lipinski definition) is 1. The number of ether oxygens (including phenoxy) is 1. The summed E-state index contributed by atoms with van der Waals surface area (Å²) in [5.74, 6) is 1.60. The van der Waals surface area contributed by atoms with Gasteiger partial charge in [0.1, 0.15) is 11.5 Å². The topological polar surface area (TPSA) is 38.3 Å². The quantitative estimate of drug-likeness (QED) is 0.327. The second kappa shape index (κ2) is 9.55.